The number of benzene rings is 2. The molecule has 0 fully saturated rings. The van der Waals surface area contributed by atoms with Crippen LogP contribution in [0.15, 0.2) is 30.5 Å². The zero-order valence-corrected chi connectivity index (χ0v) is 14.4. The van der Waals surface area contributed by atoms with E-state index in [0.717, 1.165) is 21.7 Å². The predicted molar refractivity (Wildman–Crippen MR) is 96.3 cm³/mol. The van der Waals surface area contributed by atoms with E-state index in [2.05, 4.69) is 15.2 Å². The molecule has 7 heteroatoms. The van der Waals surface area contributed by atoms with Crippen molar-refractivity contribution in [1.82, 2.24) is 15.2 Å². The van der Waals surface area contributed by atoms with Crippen LogP contribution in [0.25, 0.3) is 33.1 Å². The number of rotatable bonds is 3. The van der Waals surface area contributed by atoms with Crippen molar-refractivity contribution in [3.05, 3.63) is 41.8 Å². The first-order chi connectivity index (χ1) is 12.5. The topological polar surface area (TPSA) is 80.3 Å². The van der Waals surface area contributed by atoms with Crippen molar-refractivity contribution in [3.63, 3.8) is 0 Å². The molecule has 26 heavy (non-hydrogen) atoms. The fraction of sp³-hybridized carbons (Fsp3) is 0.158. The van der Waals surface area contributed by atoms with Gasteiger partial charge >= 0.3 is 0 Å². The Morgan fingerprint density at radius 1 is 1.12 bits per heavy atom. The van der Waals surface area contributed by atoms with Gasteiger partial charge in [0.1, 0.15) is 0 Å². The summed E-state index contributed by atoms with van der Waals surface area (Å²) in [6, 6.07) is 6.00. The van der Waals surface area contributed by atoms with Crippen molar-refractivity contribution < 1.29 is 19.0 Å². The molecule has 2 N–H and O–H groups in total. The number of nitrogens with zero attached hydrogens (tertiary/aromatic N) is 2. The second kappa shape index (κ2) is 5.87. The van der Waals surface area contributed by atoms with Crippen LogP contribution in [-0.2, 0) is 0 Å². The van der Waals surface area contributed by atoms with Gasteiger partial charge in [0.25, 0.3) is 0 Å². The van der Waals surface area contributed by atoms with Crippen LogP contribution in [0.3, 0.4) is 0 Å². The monoisotopic (exact) mass is 353 g/mol. The number of ether oxygens (including phenoxy) is 2. The fourth-order valence-corrected chi connectivity index (χ4v) is 3.30. The maximum absolute atomic E-state index is 13.9. The largest absolute Gasteiger partial charge is 0.505 e. The van der Waals surface area contributed by atoms with Crippen LogP contribution in [-0.4, -0.2) is 34.5 Å². The zero-order valence-electron chi connectivity index (χ0n) is 14.4. The Hall–Kier alpha value is -3.35. The van der Waals surface area contributed by atoms with E-state index in [4.69, 9.17) is 9.47 Å². The number of aryl methyl sites for hydroxylation is 1. The van der Waals surface area contributed by atoms with Crippen LogP contribution in [0.4, 0.5) is 4.39 Å². The molecule has 0 saturated carbocycles. The lowest BCUT2D eigenvalue weighted by Crippen LogP contribution is -1.97. The summed E-state index contributed by atoms with van der Waals surface area (Å²) in [6.45, 7) is 1.93. The van der Waals surface area contributed by atoms with Crippen LogP contribution >= 0.6 is 0 Å². The molecule has 0 unspecified atom stereocenters. The van der Waals surface area contributed by atoms with Gasteiger partial charge in [0, 0.05) is 27.3 Å². The molecule has 0 atom stereocenters. The van der Waals surface area contributed by atoms with Gasteiger partial charge in [-0.2, -0.15) is 5.10 Å². The fourth-order valence-electron chi connectivity index (χ4n) is 3.30. The summed E-state index contributed by atoms with van der Waals surface area (Å²) in [7, 11) is 3.15. The molecular formula is C19H16FN3O3. The van der Waals surface area contributed by atoms with E-state index in [1.54, 1.807) is 26.5 Å². The van der Waals surface area contributed by atoms with Crippen LogP contribution in [0.5, 0.6) is 17.2 Å². The third kappa shape index (κ3) is 2.24. The number of aromatic hydroxyl groups is 1. The van der Waals surface area contributed by atoms with E-state index in [1.807, 2.05) is 13.0 Å². The molecule has 4 aromatic rings. The number of aromatic nitrogens is 3. The Morgan fingerprint density at radius 2 is 1.92 bits per heavy atom. The van der Waals surface area contributed by atoms with Gasteiger partial charge in [0.05, 0.1) is 26.1 Å². The summed E-state index contributed by atoms with van der Waals surface area (Å²) < 4.78 is 24.9. The lowest BCUT2D eigenvalue weighted by Gasteiger charge is -2.16. The number of halogens is 1. The maximum atomic E-state index is 13.9. The van der Waals surface area contributed by atoms with Crippen molar-refractivity contribution in [2.75, 3.05) is 14.2 Å². The van der Waals surface area contributed by atoms with Gasteiger partial charge in [0.15, 0.2) is 28.7 Å². The maximum Gasteiger partial charge on any atom is 0.165 e. The smallest absolute Gasteiger partial charge is 0.165 e. The molecule has 0 amide bonds. The molecule has 0 saturated heterocycles. The first-order valence-electron chi connectivity index (χ1n) is 7.92. The summed E-state index contributed by atoms with van der Waals surface area (Å²) in [5.74, 6) is 0.0645. The first-order valence-corrected chi connectivity index (χ1v) is 7.92. The Morgan fingerprint density at radius 3 is 2.62 bits per heavy atom. The van der Waals surface area contributed by atoms with Gasteiger partial charge in [-0.1, -0.05) is 0 Å². The average Bonchev–Trinajstić information content (AvgIpc) is 3.11. The molecule has 132 valence electrons. The van der Waals surface area contributed by atoms with E-state index < -0.39 is 11.6 Å². The standard InChI is InChI=1S/C19H16FN3O3/c1-9-16-11(7-15(25-2)18(9)26-3)17(22-19-12(16)8-21-23-19)10-4-5-14(24)13(20)6-10/h4-8,24H,1-3H3,(H,21,22,23). The van der Waals surface area contributed by atoms with Crippen LogP contribution in [0.1, 0.15) is 5.56 Å². The normalized spacial score (nSPS) is 11.2. The Bertz CT molecular complexity index is 1150. The lowest BCUT2D eigenvalue weighted by atomic mass is 9.97. The molecule has 6 nitrogen and oxygen atoms in total. The second-order valence-corrected chi connectivity index (χ2v) is 5.92. The summed E-state index contributed by atoms with van der Waals surface area (Å²) in [4.78, 5) is 4.61. The van der Waals surface area contributed by atoms with E-state index in [-0.39, 0.29) is 0 Å². The summed E-state index contributed by atoms with van der Waals surface area (Å²) >= 11 is 0. The minimum atomic E-state index is -0.709. The summed E-state index contributed by atoms with van der Waals surface area (Å²) in [5, 5.41) is 18.9. The molecule has 0 bridgehead atoms. The molecule has 0 aliphatic heterocycles. The quantitative estimate of drug-likeness (QED) is 0.583. The number of phenolic OH excluding ortho intramolecular Hbond substituents is 1. The molecule has 4 rings (SSSR count). The highest BCUT2D eigenvalue weighted by molar-refractivity contribution is 6.12. The Kier molecular flexibility index (Phi) is 3.64. The lowest BCUT2D eigenvalue weighted by molar-refractivity contribution is 0.354. The molecule has 0 aliphatic rings. The number of methoxy groups -OCH3 is 2. The molecule has 2 aromatic carbocycles. The predicted octanol–water partition coefficient (Wildman–Crippen LogP) is 3.95. The van der Waals surface area contributed by atoms with E-state index in [0.29, 0.717) is 28.4 Å². The van der Waals surface area contributed by atoms with Gasteiger partial charge in [-0.05, 0) is 31.2 Å². The number of fused-ring (bicyclic) bond motifs is 3. The molecular weight excluding hydrogens is 337 g/mol. The molecule has 0 radical (unpaired) electrons. The Labute approximate surface area is 148 Å². The zero-order chi connectivity index (χ0) is 18.4. The minimum absolute atomic E-state index is 0.406. The highest BCUT2D eigenvalue weighted by Gasteiger charge is 2.20. The van der Waals surface area contributed by atoms with Crippen molar-refractivity contribution in [2.45, 2.75) is 6.92 Å². The minimum Gasteiger partial charge on any atom is -0.505 e. The molecule has 2 heterocycles. The third-order valence-corrected chi connectivity index (χ3v) is 4.50. The van der Waals surface area contributed by atoms with Crippen LogP contribution < -0.4 is 9.47 Å². The summed E-state index contributed by atoms with van der Waals surface area (Å²) in [5.41, 5.74) is 2.54. The highest BCUT2D eigenvalue weighted by Crippen LogP contribution is 2.42. The van der Waals surface area contributed by atoms with Gasteiger partial charge in [-0.25, -0.2) is 9.37 Å². The number of phenols is 1. The van der Waals surface area contributed by atoms with Crippen LogP contribution in [0.2, 0.25) is 0 Å². The van der Waals surface area contributed by atoms with Crippen molar-refractivity contribution in [1.29, 1.82) is 0 Å². The second-order valence-electron chi connectivity index (χ2n) is 5.92. The number of hydrogen-bond acceptors (Lipinski definition) is 5. The number of aromatic amines is 1. The molecule has 0 spiro atoms. The van der Waals surface area contributed by atoms with E-state index in [9.17, 15) is 9.50 Å². The van der Waals surface area contributed by atoms with Gasteiger partial charge in [0.2, 0.25) is 0 Å². The molecule has 2 aromatic heterocycles. The van der Waals surface area contributed by atoms with Crippen molar-refractivity contribution >= 4 is 21.8 Å². The first kappa shape index (κ1) is 16.1. The SMILES string of the molecule is COc1cc2c(-c3ccc(O)c(F)c3)nc3[nH]ncc3c2c(C)c1OC. The number of pyridine rings is 1. The number of nitrogens with one attached hydrogen (secondary N) is 1. The Balaban J connectivity index is 2.18. The number of hydrogen-bond donors (Lipinski definition) is 2. The van der Waals surface area contributed by atoms with Gasteiger partial charge in [-0.15, -0.1) is 0 Å². The van der Waals surface area contributed by atoms with E-state index in [1.165, 1.54) is 12.1 Å². The highest BCUT2D eigenvalue weighted by atomic mass is 19.1. The van der Waals surface area contributed by atoms with Crippen LogP contribution in [0, 0.1) is 12.7 Å². The molecule has 0 aliphatic carbocycles. The number of H-pyrrole nitrogens is 1. The average molecular weight is 353 g/mol. The summed E-state index contributed by atoms with van der Waals surface area (Å²) in [6.07, 6.45) is 1.70. The van der Waals surface area contributed by atoms with Crippen molar-refractivity contribution in [2.24, 2.45) is 0 Å². The van der Waals surface area contributed by atoms with Gasteiger partial charge < -0.3 is 14.6 Å². The van der Waals surface area contributed by atoms with Crippen molar-refractivity contribution in [3.8, 4) is 28.5 Å². The third-order valence-electron chi connectivity index (χ3n) is 4.50. The van der Waals surface area contributed by atoms with Gasteiger partial charge in [-0.3, -0.25) is 5.10 Å². The van der Waals surface area contributed by atoms with E-state index >= 15 is 0 Å².